The molecule has 1 heterocycles. The number of carbonyl (C=O) groups excluding carboxylic acids is 2. The fraction of sp³-hybridized carbons (Fsp3) is 0.308. The van der Waals surface area contributed by atoms with Crippen molar-refractivity contribution in [1.29, 1.82) is 0 Å². The lowest BCUT2D eigenvalue weighted by Crippen LogP contribution is -2.28. The van der Waals surface area contributed by atoms with E-state index in [1.807, 2.05) is 0 Å². The molecule has 1 aliphatic rings. The van der Waals surface area contributed by atoms with Crippen LogP contribution in [0.2, 0.25) is 0 Å². The van der Waals surface area contributed by atoms with E-state index in [0.29, 0.717) is 31.5 Å². The monoisotopic (exact) mass is 380 g/mol. The van der Waals surface area contributed by atoms with Gasteiger partial charge in [-0.3, -0.25) is 9.59 Å². The first-order valence-electron chi connectivity index (χ1n) is 6.16. The molecule has 22 heavy (non-hydrogen) atoms. The molecular formula is C13H9BrF4N2O2. The molecule has 9 heteroatoms. The van der Waals surface area contributed by atoms with Crippen molar-refractivity contribution >= 4 is 27.6 Å². The fourth-order valence-electron chi connectivity index (χ4n) is 1.90. The van der Waals surface area contributed by atoms with E-state index in [2.05, 4.69) is 26.2 Å². The lowest BCUT2D eigenvalue weighted by Gasteiger charge is -2.17. The van der Waals surface area contributed by atoms with E-state index in [-0.39, 0.29) is 16.0 Å². The van der Waals surface area contributed by atoms with Crippen LogP contribution in [0.25, 0.3) is 0 Å². The number of alkyl halides is 3. The second-order valence-electron chi connectivity index (χ2n) is 4.57. The fourth-order valence-corrected chi connectivity index (χ4v) is 2.40. The molecule has 0 fully saturated rings. The largest absolute Gasteiger partial charge is 0.433 e. The van der Waals surface area contributed by atoms with Crippen molar-refractivity contribution in [2.75, 3.05) is 0 Å². The summed E-state index contributed by atoms with van der Waals surface area (Å²) in [5.74, 6) is -2.47. The highest BCUT2D eigenvalue weighted by atomic mass is 79.9. The van der Waals surface area contributed by atoms with Gasteiger partial charge in [-0.2, -0.15) is 13.2 Å². The number of aromatic nitrogens is 1. The molecule has 0 saturated heterocycles. The summed E-state index contributed by atoms with van der Waals surface area (Å²) in [4.78, 5) is 26.3. The molecule has 0 saturated carbocycles. The Hall–Kier alpha value is -1.77. The molecule has 1 amide bonds. The van der Waals surface area contributed by atoms with Crippen LogP contribution in [0.15, 0.2) is 22.4 Å². The zero-order chi connectivity index (χ0) is 16.5. The van der Waals surface area contributed by atoms with Gasteiger partial charge in [0.1, 0.15) is 5.69 Å². The molecule has 0 bridgehead atoms. The molecule has 4 nitrogen and oxygen atoms in total. The Balaban J connectivity index is 2.30. The lowest BCUT2D eigenvalue weighted by atomic mass is 10.0. The third-order valence-electron chi connectivity index (χ3n) is 3.00. The Morgan fingerprint density at radius 1 is 1.32 bits per heavy atom. The molecule has 0 aliphatic heterocycles. The Morgan fingerprint density at radius 2 is 2.00 bits per heavy atom. The molecule has 1 N–H and O–H groups in total. The highest BCUT2D eigenvalue weighted by molar-refractivity contribution is 9.12. The summed E-state index contributed by atoms with van der Waals surface area (Å²) in [5.41, 5.74) is -1.93. The summed E-state index contributed by atoms with van der Waals surface area (Å²) in [7, 11) is 0. The van der Waals surface area contributed by atoms with Crippen LogP contribution in [0.1, 0.15) is 35.3 Å². The van der Waals surface area contributed by atoms with Crippen LogP contribution in [-0.2, 0) is 11.0 Å². The van der Waals surface area contributed by atoms with Gasteiger partial charge in [0.2, 0.25) is 0 Å². The van der Waals surface area contributed by atoms with E-state index in [4.69, 9.17) is 0 Å². The predicted octanol–water partition coefficient (Wildman–Crippen LogP) is 3.33. The van der Waals surface area contributed by atoms with Crippen LogP contribution in [0.5, 0.6) is 0 Å². The summed E-state index contributed by atoms with van der Waals surface area (Å²) in [6, 6.07) is 0.337. The van der Waals surface area contributed by atoms with Gasteiger partial charge in [0, 0.05) is 12.1 Å². The van der Waals surface area contributed by atoms with Gasteiger partial charge < -0.3 is 5.32 Å². The average molecular weight is 381 g/mol. The molecule has 1 aromatic heterocycles. The van der Waals surface area contributed by atoms with E-state index in [0.717, 1.165) is 0 Å². The highest BCUT2D eigenvalue weighted by Gasteiger charge is 2.34. The minimum atomic E-state index is -4.79. The van der Waals surface area contributed by atoms with E-state index >= 15 is 0 Å². The van der Waals surface area contributed by atoms with Gasteiger partial charge in [-0.15, -0.1) is 0 Å². The molecule has 1 aliphatic carbocycles. The van der Waals surface area contributed by atoms with Crippen molar-refractivity contribution in [3.8, 4) is 0 Å². The maximum Gasteiger partial charge on any atom is 0.433 e. The van der Waals surface area contributed by atoms with Crippen molar-refractivity contribution in [2.24, 2.45) is 0 Å². The number of ketones is 1. The smallest absolute Gasteiger partial charge is 0.324 e. The molecule has 0 atom stereocenters. The molecule has 0 aromatic carbocycles. The summed E-state index contributed by atoms with van der Waals surface area (Å²) in [5, 5.41) is 2.27. The maximum atomic E-state index is 13.6. The van der Waals surface area contributed by atoms with E-state index < -0.39 is 29.2 Å². The van der Waals surface area contributed by atoms with Gasteiger partial charge in [0.25, 0.3) is 5.91 Å². The third-order valence-corrected chi connectivity index (χ3v) is 3.92. The van der Waals surface area contributed by atoms with E-state index in [1.165, 1.54) is 0 Å². The Morgan fingerprint density at radius 3 is 2.64 bits per heavy atom. The number of Topliss-reactive ketones (excluding diaryl/α,β-unsaturated/α-hetero) is 1. The first kappa shape index (κ1) is 16.6. The number of amides is 1. The number of allylic oxidation sites excluding steroid dienone is 2. The second-order valence-corrected chi connectivity index (χ2v) is 5.36. The molecule has 2 rings (SSSR count). The number of rotatable bonds is 2. The third kappa shape index (κ3) is 3.52. The predicted molar refractivity (Wildman–Crippen MR) is 71.5 cm³/mol. The summed E-state index contributed by atoms with van der Waals surface area (Å²) >= 11 is 3.02. The zero-order valence-corrected chi connectivity index (χ0v) is 12.5. The number of halogens is 5. The van der Waals surface area contributed by atoms with Crippen LogP contribution in [0.3, 0.4) is 0 Å². The van der Waals surface area contributed by atoms with Crippen molar-refractivity contribution in [3.05, 3.63) is 39.5 Å². The number of hydrogen-bond donors (Lipinski definition) is 1. The van der Waals surface area contributed by atoms with Gasteiger partial charge in [0.15, 0.2) is 11.6 Å². The Bertz CT molecular complexity index is 670. The number of carbonyl (C=O) groups is 2. The van der Waals surface area contributed by atoms with Gasteiger partial charge in [-0.25, -0.2) is 9.37 Å². The maximum absolute atomic E-state index is 13.6. The minimum Gasteiger partial charge on any atom is -0.324 e. The highest BCUT2D eigenvalue weighted by Crippen LogP contribution is 2.29. The lowest BCUT2D eigenvalue weighted by molar-refractivity contribution is -0.141. The number of nitrogens with zero attached hydrogens (tertiary/aromatic N) is 1. The molecule has 1 aromatic rings. The minimum absolute atomic E-state index is 0.151. The summed E-state index contributed by atoms with van der Waals surface area (Å²) < 4.78 is 51.4. The van der Waals surface area contributed by atoms with Gasteiger partial charge >= 0.3 is 6.18 Å². The molecule has 0 spiro atoms. The van der Waals surface area contributed by atoms with Crippen LogP contribution in [0.4, 0.5) is 17.6 Å². The number of nitrogens with one attached hydrogen (secondary N) is 1. The standard InChI is InChI=1S/C13H9BrF4N2O2/c14-11-8(2-1-3-9(11)21)20-12(22)6-4-10(13(16,17)18)19-5-7(6)15/h4-5H,1-3H2,(H,20,22). The number of hydrogen-bond acceptors (Lipinski definition) is 3. The molecular weight excluding hydrogens is 372 g/mol. The van der Waals surface area contributed by atoms with E-state index in [9.17, 15) is 27.2 Å². The zero-order valence-electron chi connectivity index (χ0n) is 10.9. The normalized spacial score (nSPS) is 16.0. The Kier molecular flexibility index (Phi) is 4.64. The first-order valence-corrected chi connectivity index (χ1v) is 6.95. The van der Waals surface area contributed by atoms with Gasteiger partial charge in [-0.05, 0) is 34.8 Å². The summed E-state index contributed by atoms with van der Waals surface area (Å²) in [6.45, 7) is 0. The second kappa shape index (κ2) is 6.15. The molecule has 0 unspecified atom stereocenters. The van der Waals surface area contributed by atoms with Crippen molar-refractivity contribution in [2.45, 2.75) is 25.4 Å². The molecule has 0 radical (unpaired) electrons. The van der Waals surface area contributed by atoms with Crippen molar-refractivity contribution < 1.29 is 27.2 Å². The van der Waals surface area contributed by atoms with Gasteiger partial charge in [0.05, 0.1) is 16.2 Å². The number of pyridine rings is 1. The van der Waals surface area contributed by atoms with Crippen LogP contribution < -0.4 is 5.32 Å². The summed E-state index contributed by atoms with van der Waals surface area (Å²) in [6.07, 6.45) is -3.29. The SMILES string of the molecule is O=C1CCCC(NC(=O)c2cc(C(F)(F)F)ncc2F)=C1Br. The van der Waals surface area contributed by atoms with Crippen LogP contribution >= 0.6 is 15.9 Å². The van der Waals surface area contributed by atoms with E-state index in [1.54, 1.807) is 0 Å². The quantitative estimate of drug-likeness (QED) is 0.800. The molecule has 118 valence electrons. The average Bonchev–Trinajstić information content (AvgIpc) is 2.43. The van der Waals surface area contributed by atoms with Crippen LogP contribution in [-0.4, -0.2) is 16.7 Å². The van der Waals surface area contributed by atoms with Gasteiger partial charge in [-0.1, -0.05) is 0 Å². The topological polar surface area (TPSA) is 59.1 Å². The first-order chi connectivity index (χ1) is 10.2. The van der Waals surface area contributed by atoms with Crippen LogP contribution in [0, 0.1) is 5.82 Å². The Labute approximate surface area is 130 Å². The van der Waals surface area contributed by atoms with Crippen molar-refractivity contribution in [1.82, 2.24) is 10.3 Å². The van der Waals surface area contributed by atoms with Crippen molar-refractivity contribution in [3.63, 3.8) is 0 Å².